The first kappa shape index (κ1) is 26.0. The van der Waals surface area contributed by atoms with Crippen molar-refractivity contribution in [2.75, 3.05) is 18.0 Å². The summed E-state index contributed by atoms with van der Waals surface area (Å²) in [6.45, 7) is 4.74. The van der Waals surface area contributed by atoms with Crippen molar-refractivity contribution in [1.82, 2.24) is 24.4 Å². The fourth-order valence-corrected chi connectivity index (χ4v) is 4.94. The van der Waals surface area contributed by atoms with Crippen molar-refractivity contribution < 1.29 is 18.9 Å². The van der Waals surface area contributed by atoms with Gasteiger partial charge in [-0.25, -0.2) is 23.3 Å². The highest BCUT2D eigenvalue weighted by molar-refractivity contribution is 7.92. The van der Waals surface area contributed by atoms with Crippen LogP contribution in [0.1, 0.15) is 37.6 Å². The molecule has 0 fully saturated rings. The van der Waals surface area contributed by atoms with E-state index < -0.39 is 39.9 Å². The van der Waals surface area contributed by atoms with Crippen molar-refractivity contribution in [2.24, 2.45) is 5.92 Å². The molecular formula is C22H29N7O5S. The van der Waals surface area contributed by atoms with Crippen LogP contribution in [0.15, 0.2) is 40.3 Å². The maximum atomic E-state index is 13.4. The van der Waals surface area contributed by atoms with E-state index >= 15 is 0 Å². The van der Waals surface area contributed by atoms with Gasteiger partial charge in [-0.3, -0.25) is 19.5 Å². The Morgan fingerprint density at radius 2 is 1.89 bits per heavy atom. The van der Waals surface area contributed by atoms with Crippen LogP contribution in [0, 0.1) is 10.7 Å². The van der Waals surface area contributed by atoms with E-state index in [1.807, 2.05) is 6.07 Å². The smallest absolute Gasteiger partial charge is 0.337 e. The van der Waals surface area contributed by atoms with Gasteiger partial charge >= 0.3 is 11.7 Å². The van der Waals surface area contributed by atoms with Crippen LogP contribution in [0.4, 0.5) is 5.82 Å². The molecule has 188 valence electrons. The quantitative estimate of drug-likeness (QED) is 0.296. The maximum absolute atomic E-state index is 13.4. The van der Waals surface area contributed by atoms with Gasteiger partial charge in [0.1, 0.15) is 21.3 Å². The summed E-state index contributed by atoms with van der Waals surface area (Å²) in [5.74, 6) is -2.44. The number of carboxylic acids is 1. The van der Waals surface area contributed by atoms with E-state index in [1.165, 1.54) is 4.57 Å². The van der Waals surface area contributed by atoms with Gasteiger partial charge in [0.15, 0.2) is 11.5 Å². The van der Waals surface area contributed by atoms with E-state index in [0.717, 1.165) is 10.1 Å². The molecule has 3 rings (SSSR count). The van der Waals surface area contributed by atoms with E-state index in [4.69, 9.17) is 10.5 Å². The average molecular weight is 504 g/mol. The minimum Gasteiger partial charge on any atom is -0.480 e. The minimum absolute atomic E-state index is 0.0101. The number of aliphatic carboxylic acids is 1. The van der Waals surface area contributed by atoms with Gasteiger partial charge in [-0.2, -0.15) is 4.98 Å². The molecule has 13 heteroatoms. The van der Waals surface area contributed by atoms with Gasteiger partial charge in [0.2, 0.25) is 11.1 Å². The van der Waals surface area contributed by atoms with Crippen molar-refractivity contribution in [3.63, 3.8) is 0 Å². The molecule has 1 aromatic carbocycles. The van der Waals surface area contributed by atoms with E-state index in [9.17, 15) is 23.7 Å². The molecule has 2 atom stereocenters. The number of nitrogen functional groups attached to an aromatic ring is 1. The number of hydrogen-bond donors (Lipinski definition) is 4. The van der Waals surface area contributed by atoms with Crippen LogP contribution in [0.2, 0.25) is 0 Å². The number of anilines is 1. The van der Waals surface area contributed by atoms with Crippen LogP contribution in [0.25, 0.3) is 11.2 Å². The molecule has 0 bridgehead atoms. The van der Waals surface area contributed by atoms with Crippen molar-refractivity contribution in [3.05, 3.63) is 46.4 Å². The Bertz CT molecular complexity index is 1410. The summed E-state index contributed by atoms with van der Waals surface area (Å²) < 4.78 is 23.0. The number of carbonyl (C=O) groups excluding carboxylic acids is 1. The second-order valence-electron chi connectivity index (χ2n) is 8.47. The third-order valence-corrected chi connectivity index (χ3v) is 7.15. The lowest BCUT2D eigenvalue weighted by atomic mass is 10.1. The zero-order valence-electron chi connectivity index (χ0n) is 19.7. The first-order valence-corrected chi connectivity index (χ1v) is 12.8. The highest BCUT2D eigenvalue weighted by atomic mass is 32.2. The molecule has 35 heavy (non-hydrogen) atoms. The molecule has 2 heterocycles. The lowest BCUT2D eigenvalue weighted by Crippen LogP contribution is -2.45. The summed E-state index contributed by atoms with van der Waals surface area (Å²) in [7, 11) is -3.37. The number of rotatable bonds is 10. The molecule has 0 aliphatic carbocycles. The third-order valence-electron chi connectivity index (χ3n) is 5.40. The molecule has 0 amide bonds. The van der Waals surface area contributed by atoms with E-state index in [1.54, 1.807) is 45.0 Å². The summed E-state index contributed by atoms with van der Waals surface area (Å²) in [6.07, 6.45) is 0.451. The van der Waals surface area contributed by atoms with Crippen LogP contribution < -0.4 is 16.7 Å². The van der Waals surface area contributed by atoms with Gasteiger partial charge in [-0.15, -0.1) is 0 Å². The highest BCUT2D eigenvalue weighted by Crippen LogP contribution is 2.21. The number of hydrogen-bond acceptors (Lipinski definition) is 9. The third kappa shape index (κ3) is 5.41. The molecule has 0 aliphatic rings. The van der Waals surface area contributed by atoms with Crippen LogP contribution >= 0.6 is 0 Å². The fraction of sp³-hybridized carbons (Fsp3) is 0.409. The Morgan fingerprint density at radius 1 is 1.23 bits per heavy atom. The number of nitrogens with zero attached hydrogens (tertiary/aromatic N) is 4. The standard InChI is InChI=1S/C22H29N7O5S/c1-4-10-35(24,34)21-26-18(23)17-19(27-21)28(12-14-8-6-5-7-9-14)22(33)29(17)15(30)11-25-16(13(2)3)20(31)32/h5-9,13,16,24-25H,4,10-12H2,1-3H3,(H,31,32)(H2,23,26,27)/t16-,35?/m0/s1. The van der Waals surface area contributed by atoms with Crippen LogP contribution in [0.5, 0.6) is 0 Å². The van der Waals surface area contributed by atoms with Crippen molar-refractivity contribution in [1.29, 1.82) is 4.78 Å². The molecule has 1 unspecified atom stereocenters. The van der Waals surface area contributed by atoms with Gasteiger partial charge in [0.25, 0.3) is 0 Å². The van der Waals surface area contributed by atoms with Gasteiger partial charge < -0.3 is 10.8 Å². The number of carbonyl (C=O) groups is 2. The predicted octanol–water partition coefficient (Wildman–Crippen LogP) is 1.38. The van der Waals surface area contributed by atoms with Crippen molar-refractivity contribution in [3.8, 4) is 0 Å². The Hall–Kier alpha value is -3.58. The zero-order chi connectivity index (χ0) is 25.9. The molecule has 0 radical (unpaired) electrons. The highest BCUT2D eigenvalue weighted by Gasteiger charge is 2.27. The molecule has 0 saturated heterocycles. The van der Waals surface area contributed by atoms with Gasteiger partial charge in [-0.05, 0) is 17.9 Å². The Labute approximate surface area is 202 Å². The van der Waals surface area contributed by atoms with Crippen molar-refractivity contribution >= 4 is 38.6 Å². The van der Waals surface area contributed by atoms with Crippen LogP contribution in [0.3, 0.4) is 0 Å². The lowest BCUT2D eigenvalue weighted by Gasteiger charge is -2.17. The van der Waals surface area contributed by atoms with Crippen molar-refractivity contribution in [2.45, 2.75) is 44.9 Å². The number of carboxylic acid groups (broad SMARTS) is 1. The Balaban J connectivity index is 2.18. The minimum atomic E-state index is -3.37. The molecule has 12 nitrogen and oxygen atoms in total. The number of nitrogens with two attached hydrogens (primary N) is 1. The summed E-state index contributed by atoms with van der Waals surface area (Å²) in [6, 6.07) is 7.97. The molecule has 0 saturated carbocycles. The molecular weight excluding hydrogens is 474 g/mol. The number of fused-ring (bicyclic) bond motifs is 1. The molecule has 2 aromatic heterocycles. The average Bonchev–Trinajstić information content (AvgIpc) is 3.06. The summed E-state index contributed by atoms with van der Waals surface area (Å²) >= 11 is 0. The van der Waals surface area contributed by atoms with Crippen LogP contribution in [-0.2, 0) is 21.1 Å². The van der Waals surface area contributed by atoms with E-state index in [-0.39, 0.29) is 40.4 Å². The number of imidazole rings is 1. The second kappa shape index (κ2) is 10.4. The summed E-state index contributed by atoms with van der Waals surface area (Å²) in [5, 5.41) is 11.7. The summed E-state index contributed by atoms with van der Waals surface area (Å²) in [4.78, 5) is 46.3. The van der Waals surface area contributed by atoms with Gasteiger partial charge in [-0.1, -0.05) is 51.1 Å². The molecule has 5 N–H and O–H groups in total. The fourth-order valence-electron chi connectivity index (χ4n) is 3.70. The SMILES string of the molecule is CCCS(=N)(=O)c1nc(N)c2c(n1)n(Cc1ccccc1)c(=O)n2C(=O)CN[C@H](C(=O)O)C(C)C. The molecule has 0 spiro atoms. The topological polar surface area (TPSA) is 186 Å². The first-order chi connectivity index (χ1) is 16.5. The van der Waals surface area contributed by atoms with E-state index in [2.05, 4.69) is 15.3 Å². The molecule has 0 aliphatic heterocycles. The number of nitrogens with one attached hydrogen (secondary N) is 2. The largest absolute Gasteiger partial charge is 0.480 e. The maximum Gasteiger partial charge on any atom is 0.337 e. The van der Waals surface area contributed by atoms with E-state index in [0.29, 0.717) is 6.42 Å². The predicted molar refractivity (Wildman–Crippen MR) is 131 cm³/mol. The number of benzene rings is 1. The molecule has 3 aromatic rings. The Kier molecular flexibility index (Phi) is 7.70. The monoisotopic (exact) mass is 503 g/mol. The normalized spacial score (nSPS) is 14.2. The summed E-state index contributed by atoms with van der Waals surface area (Å²) in [5.41, 5.74) is 6.00. The number of aromatic nitrogens is 4. The van der Waals surface area contributed by atoms with Crippen LogP contribution in [-0.4, -0.2) is 58.6 Å². The Morgan fingerprint density at radius 3 is 2.46 bits per heavy atom. The van der Waals surface area contributed by atoms with Gasteiger partial charge in [0.05, 0.1) is 13.1 Å². The second-order valence-corrected chi connectivity index (χ2v) is 10.6. The zero-order valence-corrected chi connectivity index (χ0v) is 20.5. The van der Waals surface area contributed by atoms with Gasteiger partial charge in [0, 0.05) is 5.75 Å². The first-order valence-electron chi connectivity index (χ1n) is 11.1. The lowest BCUT2D eigenvalue weighted by molar-refractivity contribution is -0.140.